The number of rotatable bonds is 13. The van der Waals surface area contributed by atoms with E-state index in [1.807, 2.05) is 52.1 Å². The molecule has 0 aliphatic carbocycles. The zero-order chi connectivity index (χ0) is 28.6. The summed E-state index contributed by atoms with van der Waals surface area (Å²) >= 11 is 0. The van der Waals surface area contributed by atoms with Crippen molar-refractivity contribution in [2.45, 2.75) is 52.1 Å². The minimum atomic E-state index is -4.78. The fraction of sp³-hybridized carbons (Fsp3) is 0.429. The van der Waals surface area contributed by atoms with Crippen LogP contribution in [0, 0.1) is 0 Å². The number of carbonyl (C=O) groups excluding carboxylic acids is 2. The van der Waals surface area contributed by atoms with Gasteiger partial charge in [-0.1, -0.05) is 24.3 Å². The molecular weight excluding hydrogens is 513 g/mol. The molecule has 8 nitrogen and oxygen atoms in total. The number of aryl methyl sites for hydroxylation is 1. The summed E-state index contributed by atoms with van der Waals surface area (Å²) in [5.41, 5.74) is 2.53. The first kappa shape index (κ1) is 30.0. The minimum Gasteiger partial charge on any atom is -0.406 e. The van der Waals surface area contributed by atoms with Gasteiger partial charge in [0.05, 0.1) is 12.1 Å². The number of aromatic nitrogens is 1. The zero-order valence-corrected chi connectivity index (χ0v) is 22.6. The predicted octanol–water partition coefficient (Wildman–Crippen LogP) is 5.05. The normalized spacial score (nSPS) is 12.1. The number of ether oxygens (including phenoxy) is 1. The molecule has 2 aromatic carbocycles. The van der Waals surface area contributed by atoms with Crippen LogP contribution in [0.3, 0.4) is 0 Å². The Morgan fingerprint density at radius 3 is 2.36 bits per heavy atom. The van der Waals surface area contributed by atoms with E-state index in [2.05, 4.69) is 19.9 Å². The van der Waals surface area contributed by atoms with Crippen LogP contribution in [0.1, 0.15) is 48.8 Å². The smallest absolute Gasteiger partial charge is 0.406 e. The van der Waals surface area contributed by atoms with Crippen molar-refractivity contribution in [2.75, 3.05) is 26.7 Å². The van der Waals surface area contributed by atoms with Gasteiger partial charge in [0.15, 0.2) is 0 Å². The molecule has 0 fully saturated rings. The SMILES string of the molecule is CN(CCCc1ccc(CN(C=O)OC(C)(C)C)cc1)CCNC(=O)c1cc2cc(OC(F)(F)F)ccc2[nH]1. The molecule has 212 valence electrons. The number of nitrogens with one attached hydrogen (secondary N) is 2. The van der Waals surface area contributed by atoms with E-state index < -0.39 is 12.0 Å². The second-order valence-electron chi connectivity index (χ2n) is 10.3. The fourth-order valence-corrected chi connectivity index (χ4v) is 3.98. The third kappa shape index (κ3) is 10.3. The van der Waals surface area contributed by atoms with E-state index >= 15 is 0 Å². The van der Waals surface area contributed by atoms with E-state index in [1.165, 1.54) is 34.9 Å². The van der Waals surface area contributed by atoms with Crippen molar-refractivity contribution >= 4 is 23.2 Å². The molecule has 0 unspecified atom stereocenters. The number of fused-ring (bicyclic) bond motifs is 1. The molecule has 0 radical (unpaired) electrons. The number of nitrogens with zero attached hydrogens (tertiary/aromatic N) is 2. The van der Waals surface area contributed by atoms with Gasteiger partial charge >= 0.3 is 6.36 Å². The average molecular weight is 549 g/mol. The van der Waals surface area contributed by atoms with E-state index in [0.29, 0.717) is 36.9 Å². The summed E-state index contributed by atoms with van der Waals surface area (Å²) in [5.74, 6) is -0.673. The Morgan fingerprint density at radius 1 is 1.03 bits per heavy atom. The Labute approximate surface area is 226 Å². The second kappa shape index (κ2) is 13.0. The maximum atomic E-state index is 12.5. The number of benzene rings is 2. The summed E-state index contributed by atoms with van der Waals surface area (Å²) in [5, 5.41) is 4.58. The van der Waals surface area contributed by atoms with Gasteiger partial charge in [-0.25, -0.2) is 5.06 Å². The molecule has 3 rings (SSSR count). The van der Waals surface area contributed by atoms with E-state index in [-0.39, 0.29) is 17.4 Å². The van der Waals surface area contributed by atoms with E-state index in [1.54, 1.807) is 0 Å². The number of halogens is 3. The van der Waals surface area contributed by atoms with Gasteiger partial charge in [-0.15, -0.1) is 13.2 Å². The molecule has 0 atom stereocenters. The number of H-pyrrole nitrogens is 1. The second-order valence-corrected chi connectivity index (χ2v) is 10.3. The summed E-state index contributed by atoms with van der Waals surface area (Å²) in [6.07, 6.45) is -2.27. The van der Waals surface area contributed by atoms with Crippen molar-refractivity contribution in [2.24, 2.45) is 0 Å². The molecule has 1 heterocycles. The first-order valence-corrected chi connectivity index (χ1v) is 12.7. The Hall–Kier alpha value is -3.57. The number of aromatic amines is 1. The maximum absolute atomic E-state index is 12.5. The van der Waals surface area contributed by atoms with Gasteiger partial charge in [0.1, 0.15) is 11.4 Å². The molecule has 0 aliphatic rings. The summed E-state index contributed by atoms with van der Waals surface area (Å²) in [7, 11) is 1.98. The van der Waals surface area contributed by atoms with E-state index in [9.17, 15) is 22.8 Å². The highest BCUT2D eigenvalue weighted by Crippen LogP contribution is 2.27. The molecular formula is C28H35F3N4O4. The number of carbonyl (C=O) groups is 2. The lowest BCUT2D eigenvalue weighted by Gasteiger charge is -2.26. The van der Waals surface area contributed by atoms with Crippen LogP contribution in [0.4, 0.5) is 13.2 Å². The van der Waals surface area contributed by atoms with Crippen LogP contribution in [0.25, 0.3) is 10.9 Å². The Bertz CT molecular complexity index is 1240. The summed E-state index contributed by atoms with van der Waals surface area (Å²) in [6.45, 7) is 7.94. The van der Waals surface area contributed by atoms with Gasteiger partial charge in [0, 0.05) is 24.0 Å². The highest BCUT2D eigenvalue weighted by atomic mass is 19.4. The maximum Gasteiger partial charge on any atom is 0.573 e. The van der Waals surface area contributed by atoms with Gasteiger partial charge in [0.2, 0.25) is 6.41 Å². The highest BCUT2D eigenvalue weighted by Gasteiger charge is 2.31. The molecule has 1 aromatic heterocycles. The quantitative estimate of drug-likeness (QED) is 0.231. The lowest BCUT2D eigenvalue weighted by molar-refractivity contribution is -0.274. The molecule has 11 heteroatoms. The van der Waals surface area contributed by atoms with E-state index in [4.69, 9.17) is 4.84 Å². The number of hydroxylamine groups is 2. The van der Waals surface area contributed by atoms with Gasteiger partial charge in [-0.2, -0.15) is 0 Å². The van der Waals surface area contributed by atoms with Crippen molar-refractivity contribution in [1.29, 1.82) is 0 Å². The lowest BCUT2D eigenvalue weighted by Crippen LogP contribution is -2.33. The number of hydrogen-bond acceptors (Lipinski definition) is 5. The minimum absolute atomic E-state index is 0.265. The van der Waals surface area contributed by atoms with Crippen molar-refractivity contribution in [3.63, 3.8) is 0 Å². The number of alkyl halides is 3. The molecule has 39 heavy (non-hydrogen) atoms. The van der Waals surface area contributed by atoms with Gasteiger partial charge in [-0.3, -0.25) is 14.4 Å². The third-order valence-corrected chi connectivity index (χ3v) is 5.72. The van der Waals surface area contributed by atoms with Crippen LogP contribution in [-0.2, 0) is 22.6 Å². The zero-order valence-electron chi connectivity index (χ0n) is 22.6. The van der Waals surface area contributed by atoms with Crippen LogP contribution in [0.5, 0.6) is 5.75 Å². The standard InChI is InChI=1S/C28H35F3N4O4/c1-27(2,3)39-35(19-36)18-21-9-7-20(8-10-21)6-5-14-34(4)15-13-32-26(37)25-17-22-16-23(38-28(29,30)31)11-12-24(22)33-25/h7-12,16-17,19,33H,5-6,13-15,18H2,1-4H3,(H,32,37). The first-order valence-electron chi connectivity index (χ1n) is 12.7. The predicted molar refractivity (Wildman–Crippen MR) is 142 cm³/mol. The molecule has 3 aromatic rings. The lowest BCUT2D eigenvalue weighted by atomic mass is 10.1. The molecule has 0 saturated carbocycles. The third-order valence-electron chi connectivity index (χ3n) is 5.72. The highest BCUT2D eigenvalue weighted by molar-refractivity contribution is 5.98. The van der Waals surface area contributed by atoms with Gasteiger partial charge in [-0.05, 0) is 82.6 Å². The molecule has 2 N–H and O–H groups in total. The van der Waals surface area contributed by atoms with Crippen LogP contribution >= 0.6 is 0 Å². The first-order chi connectivity index (χ1) is 18.3. The number of likely N-dealkylation sites (N-methyl/N-ethyl adjacent to an activating group) is 1. The fourth-order valence-electron chi connectivity index (χ4n) is 3.98. The Kier molecular flexibility index (Phi) is 9.98. The Balaban J connectivity index is 1.38. The van der Waals surface area contributed by atoms with Gasteiger partial charge < -0.3 is 19.9 Å². The summed E-state index contributed by atoms with van der Waals surface area (Å²) < 4.78 is 41.2. The van der Waals surface area contributed by atoms with Crippen molar-refractivity contribution in [3.05, 3.63) is 65.4 Å². The summed E-state index contributed by atoms with van der Waals surface area (Å²) in [4.78, 5) is 34.4. The molecule has 2 amide bonds. The molecule has 0 bridgehead atoms. The van der Waals surface area contributed by atoms with Crippen LogP contribution in [0.2, 0.25) is 0 Å². The average Bonchev–Trinajstić information content (AvgIpc) is 3.26. The molecule has 0 aliphatic heterocycles. The summed E-state index contributed by atoms with van der Waals surface area (Å²) in [6, 6.07) is 13.5. The number of amides is 2. The Morgan fingerprint density at radius 2 is 1.72 bits per heavy atom. The van der Waals surface area contributed by atoms with Crippen LogP contribution < -0.4 is 10.1 Å². The monoisotopic (exact) mass is 548 g/mol. The van der Waals surface area contributed by atoms with Crippen molar-refractivity contribution in [1.82, 2.24) is 20.3 Å². The van der Waals surface area contributed by atoms with Crippen LogP contribution in [-0.4, -0.2) is 65.9 Å². The molecule has 0 spiro atoms. The number of hydrogen-bond donors (Lipinski definition) is 2. The van der Waals surface area contributed by atoms with Crippen molar-refractivity contribution < 1.29 is 32.3 Å². The van der Waals surface area contributed by atoms with Crippen molar-refractivity contribution in [3.8, 4) is 5.75 Å². The van der Waals surface area contributed by atoms with Crippen LogP contribution in [0.15, 0.2) is 48.5 Å². The topological polar surface area (TPSA) is 86.9 Å². The molecule has 0 saturated heterocycles. The van der Waals surface area contributed by atoms with E-state index in [0.717, 1.165) is 24.9 Å². The van der Waals surface area contributed by atoms with Gasteiger partial charge in [0.25, 0.3) is 5.91 Å². The largest absolute Gasteiger partial charge is 0.573 e.